The lowest BCUT2D eigenvalue weighted by Crippen LogP contribution is -2.47. The topological polar surface area (TPSA) is 246 Å². The Bertz CT molecular complexity index is 1560. The van der Waals surface area contributed by atoms with Crippen LogP contribution in [0.3, 0.4) is 0 Å². The van der Waals surface area contributed by atoms with Crippen molar-refractivity contribution in [3.05, 3.63) is 63.1 Å². The average Bonchev–Trinajstić information content (AvgIpc) is 3.30. The highest BCUT2D eigenvalue weighted by molar-refractivity contribution is 6.04. The van der Waals surface area contributed by atoms with Crippen LogP contribution >= 0.6 is 0 Å². The molecule has 41 heavy (non-hydrogen) atoms. The summed E-state index contributed by atoms with van der Waals surface area (Å²) in [5.41, 5.74) is 6.05. The van der Waals surface area contributed by atoms with Crippen molar-refractivity contribution in [2.24, 2.45) is 11.7 Å². The second-order valence-corrected chi connectivity index (χ2v) is 9.43. The number of carboxylic acids is 3. The Morgan fingerprint density at radius 1 is 1.07 bits per heavy atom. The van der Waals surface area contributed by atoms with Crippen LogP contribution < -0.4 is 16.6 Å². The van der Waals surface area contributed by atoms with E-state index in [-0.39, 0.29) is 29.5 Å². The van der Waals surface area contributed by atoms with Gasteiger partial charge in [0.25, 0.3) is 11.5 Å². The van der Waals surface area contributed by atoms with Gasteiger partial charge in [0.1, 0.15) is 29.2 Å². The van der Waals surface area contributed by atoms with Gasteiger partial charge in [0.05, 0.1) is 11.4 Å². The lowest BCUT2D eigenvalue weighted by molar-refractivity contribution is -0.148. The summed E-state index contributed by atoms with van der Waals surface area (Å²) in [6.07, 6.45) is 0.144. The zero-order valence-corrected chi connectivity index (χ0v) is 21.8. The molecule has 0 saturated carbocycles. The van der Waals surface area contributed by atoms with Gasteiger partial charge >= 0.3 is 17.9 Å². The van der Waals surface area contributed by atoms with Crippen LogP contribution in [0.15, 0.2) is 29.2 Å². The number of aryl methyl sites for hydroxylation is 3. The molecule has 2 aromatic heterocycles. The second kappa shape index (κ2) is 13.0. The molecule has 3 rings (SSSR count). The van der Waals surface area contributed by atoms with Gasteiger partial charge in [-0.2, -0.15) is 0 Å². The monoisotopic (exact) mass is 573 g/mol. The van der Waals surface area contributed by atoms with Crippen molar-refractivity contribution < 1.29 is 43.7 Å². The summed E-state index contributed by atoms with van der Waals surface area (Å²) in [6, 6.07) is 0.201. The molecule has 0 aliphatic heterocycles. The standard InChI is InChI=1S/C26H28FN5O9/c1-11-30-22-20(24(37)31-11)14(10-29-22)5-3-12-2-4-13(8-16(12)27)23(36)32-18(6-7-19(33)34)21(35)15(25(38)39)9-17(28)26(40)41/h2,4,8,10,15,17-18H,3,5-7,9,28H2,1H3,(H,32,36)(H,33,34)(H,38,39)(H,40,41)(H2,29,30,31,37)/t15?,17-,18-/m0/s1. The van der Waals surface area contributed by atoms with Crippen LogP contribution in [0, 0.1) is 18.7 Å². The number of aromatic amines is 2. The number of Topliss-reactive ketones (excluding diaryl/α,β-unsaturated/α-hetero) is 1. The third-order valence-electron chi connectivity index (χ3n) is 6.46. The largest absolute Gasteiger partial charge is 0.481 e. The van der Waals surface area contributed by atoms with Crippen molar-refractivity contribution in [1.29, 1.82) is 0 Å². The van der Waals surface area contributed by atoms with Gasteiger partial charge in [-0.15, -0.1) is 0 Å². The van der Waals surface area contributed by atoms with E-state index in [4.69, 9.17) is 15.9 Å². The number of ketones is 1. The van der Waals surface area contributed by atoms with E-state index >= 15 is 0 Å². The van der Waals surface area contributed by atoms with Crippen LogP contribution in [0.1, 0.15) is 46.6 Å². The predicted octanol–water partition coefficient (Wildman–Crippen LogP) is 0.519. The van der Waals surface area contributed by atoms with Crippen molar-refractivity contribution in [3.8, 4) is 0 Å². The number of nitrogens with two attached hydrogens (primary N) is 1. The number of halogens is 1. The fourth-order valence-corrected chi connectivity index (χ4v) is 4.30. The van der Waals surface area contributed by atoms with E-state index in [0.717, 1.165) is 6.07 Å². The molecular formula is C26H28FN5O9. The maximum atomic E-state index is 14.9. The molecule has 0 spiro atoms. The maximum Gasteiger partial charge on any atom is 0.320 e. The number of fused-ring (bicyclic) bond motifs is 1. The van der Waals surface area contributed by atoms with Crippen molar-refractivity contribution in [1.82, 2.24) is 20.3 Å². The molecule has 0 aliphatic carbocycles. The number of hydrogen-bond donors (Lipinski definition) is 7. The first-order valence-electron chi connectivity index (χ1n) is 12.4. The van der Waals surface area contributed by atoms with Crippen molar-refractivity contribution in [2.45, 2.75) is 51.1 Å². The number of aliphatic carboxylic acids is 3. The van der Waals surface area contributed by atoms with Gasteiger partial charge < -0.3 is 36.3 Å². The van der Waals surface area contributed by atoms with Crippen LogP contribution in [-0.2, 0) is 32.0 Å². The van der Waals surface area contributed by atoms with Crippen LogP contribution in [-0.4, -0.2) is 72.0 Å². The van der Waals surface area contributed by atoms with Crippen LogP contribution in [0.4, 0.5) is 4.39 Å². The Hall–Kier alpha value is -4.92. The molecular weight excluding hydrogens is 545 g/mol. The molecule has 3 aromatic rings. The number of nitrogens with zero attached hydrogens (tertiary/aromatic N) is 1. The molecule has 15 heteroatoms. The molecule has 0 fully saturated rings. The summed E-state index contributed by atoms with van der Waals surface area (Å²) in [6.45, 7) is 1.64. The van der Waals surface area contributed by atoms with Crippen LogP contribution in [0.2, 0.25) is 0 Å². The SMILES string of the molecule is Cc1nc2[nH]cc(CCc3ccc(C(=O)N[C@@H](CCC(=O)O)C(=O)C(C[C@H](N)C(=O)O)C(=O)O)cc3F)c2c(=O)[nH]1. The van der Waals surface area contributed by atoms with Crippen LogP contribution in [0.25, 0.3) is 11.0 Å². The van der Waals surface area contributed by atoms with Gasteiger partial charge in [-0.3, -0.25) is 28.8 Å². The molecule has 0 saturated heterocycles. The first kappa shape index (κ1) is 30.6. The maximum absolute atomic E-state index is 14.9. The summed E-state index contributed by atoms with van der Waals surface area (Å²) < 4.78 is 14.9. The Morgan fingerprint density at radius 2 is 1.76 bits per heavy atom. The highest BCUT2D eigenvalue weighted by Gasteiger charge is 2.36. The minimum atomic E-state index is -1.94. The summed E-state index contributed by atoms with van der Waals surface area (Å²) >= 11 is 0. The molecule has 14 nitrogen and oxygen atoms in total. The third kappa shape index (κ3) is 7.60. The van der Waals surface area contributed by atoms with Crippen molar-refractivity contribution >= 4 is 40.6 Å². The van der Waals surface area contributed by atoms with Gasteiger partial charge in [0, 0.05) is 18.2 Å². The number of benzene rings is 1. The van der Waals surface area contributed by atoms with Crippen molar-refractivity contribution in [2.75, 3.05) is 0 Å². The number of amides is 1. The van der Waals surface area contributed by atoms with Gasteiger partial charge in [0.15, 0.2) is 5.78 Å². The Labute approximate surface area is 230 Å². The van der Waals surface area contributed by atoms with Gasteiger partial charge in [-0.25, -0.2) is 9.37 Å². The zero-order valence-electron chi connectivity index (χ0n) is 21.8. The average molecular weight is 574 g/mol. The Morgan fingerprint density at radius 3 is 2.37 bits per heavy atom. The molecule has 3 atom stereocenters. The number of aromatic nitrogens is 3. The van der Waals surface area contributed by atoms with Gasteiger partial charge in [-0.05, 0) is 55.9 Å². The Balaban J connectivity index is 1.76. The molecule has 0 bridgehead atoms. The normalized spacial score (nSPS) is 13.3. The summed E-state index contributed by atoms with van der Waals surface area (Å²) in [5.74, 6) is -8.95. The lowest BCUT2D eigenvalue weighted by Gasteiger charge is -2.22. The first-order valence-corrected chi connectivity index (χ1v) is 12.4. The van der Waals surface area contributed by atoms with E-state index in [1.807, 2.05) is 0 Å². The van der Waals surface area contributed by atoms with Crippen molar-refractivity contribution in [3.63, 3.8) is 0 Å². The second-order valence-electron chi connectivity index (χ2n) is 9.43. The Kier molecular flexibility index (Phi) is 9.67. The number of H-pyrrole nitrogens is 2. The minimum Gasteiger partial charge on any atom is -0.481 e. The van der Waals surface area contributed by atoms with Gasteiger partial charge in [-0.1, -0.05) is 6.07 Å². The molecule has 218 valence electrons. The number of carbonyl (C=O) groups is 5. The zero-order chi connectivity index (χ0) is 30.4. The predicted molar refractivity (Wildman–Crippen MR) is 140 cm³/mol. The summed E-state index contributed by atoms with van der Waals surface area (Å²) in [5, 5.41) is 30.0. The van der Waals surface area contributed by atoms with E-state index < -0.39 is 72.7 Å². The first-order chi connectivity index (χ1) is 19.3. The number of carboxylic acid groups (broad SMARTS) is 3. The summed E-state index contributed by atoms with van der Waals surface area (Å²) in [4.78, 5) is 81.6. The number of rotatable bonds is 14. The molecule has 8 N–H and O–H groups in total. The molecule has 2 heterocycles. The number of hydrogen-bond acceptors (Lipinski definition) is 8. The number of nitrogens with one attached hydrogen (secondary N) is 3. The van der Waals surface area contributed by atoms with E-state index in [1.165, 1.54) is 12.1 Å². The fraction of sp³-hybridized carbons (Fsp3) is 0.346. The molecule has 0 aliphatic rings. The van der Waals surface area contributed by atoms with E-state index in [1.54, 1.807) is 13.1 Å². The highest BCUT2D eigenvalue weighted by Crippen LogP contribution is 2.19. The molecule has 1 amide bonds. The molecule has 1 aromatic carbocycles. The van der Waals surface area contributed by atoms with E-state index in [0.29, 0.717) is 22.4 Å². The highest BCUT2D eigenvalue weighted by atomic mass is 19.1. The lowest BCUT2D eigenvalue weighted by atomic mass is 9.89. The van der Waals surface area contributed by atoms with E-state index in [2.05, 4.69) is 20.3 Å². The smallest absolute Gasteiger partial charge is 0.320 e. The quantitative estimate of drug-likeness (QED) is 0.131. The third-order valence-corrected chi connectivity index (χ3v) is 6.46. The molecule has 1 unspecified atom stereocenters. The van der Waals surface area contributed by atoms with E-state index in [9.17, 15) is 38.3 Å². The number of carbonyl (C=O) groups excluding carboxylic acids is 2. The fourth-order valence-electron chi connectivity index (χ4n) is 4.30. The summed E-state index contributed by atoms with van der Waals surface area (Å²) in [7, 11) is 0. The van der Waals surface area contributed by atoms with Crippen LogP contribution in [0.5, 0.6) is 0 Å². The van der Waals surface area contributed by atoms with Gasteiger partial charge in [0.2, 0.25) is 0 Å². The molecule has 0 radical (unpaired) electrons. The minimum absolute atomic E-state index is 0.165.